The van der Waals surface area contributed by atoms with Crippen LogP contribution in [0.4, 0.5) is 0 Å². The highest BCUT2D eigenvalue weighted by Crippen LogP contribution is 2.55. The first-order valence-electron chi connectivity index (χ1n) is 7.97. The van der Waals surface area contributed by atoms with Crippen LogP contribution in [0.15, 0.2) is 23.5 Å². The molecule has 2 aliphatic carbocycles. The smallest absolute Gasteiger partial charge is 0.133 e. The summed E-state index contributed by atoms with van der Waals surface area (Å²) in [5.74, 6) is 1.54. The highest BCUT2D eigenvalue weighted by Gasteiger charge is 2.56. The van der Waals surface area contributed by atoms with E-state index >= 15 is 0 Å². The Labute approximate surface area is 129 Å². The molecule has 3 atom stereocenters. The molecule has 0 N–H and O–H groups in total. The van der Waals surface area contributed by atoms with Gasteiger partial charge in [0.15, 0.2) is 0 Å². The number of piperidine rings is 1. The molecule has 116 valence electrons. The molecule has 5 nitrogen and oxygen atoms in total. The number of fused-ring (bicyclic) bond motifs is 1. The van der Waals surface area contributed by atoms with E-state index in [4.69, 9.17) is 4.74 Å². The second kappa shape index (κ2) is 4.80. The molecule has 1 aromatic carbocycles. The molecule has 22 heavy (non-hydrogen) atoms. The van der Waals surface area contributed by atoms with Crippen molar-refractivity contribution in [2.24, 2.45) is 11.2 Å². The van der Waals surface area contributed by atoms with Crippen LogP contribution in [-0.4, -0.2) is 30.5 Å². The lowest BCUT2D eigenvalue weighted by Crippen LogP contribution is -2.60. The largest absolute Gasteiger partial charge is 0.497 e. The fraction of sp³-hybridized carbons (Fsp3) is 0.588. The van der Waals surface area contributed by atoms with Crippen LogP contribution in [0.2, 0.25) is 0 Å². The summed E-state index contributed by atoms with van der Waals surface area (Å²) in [6, 6.07) is 6.31. The minimum atomic E-state index is -0.122. The Hall–Kier alpha value is -1.91. The number of ether oxygens (including phenoxy) is 1. The van der Waals surface area contributed by atoms with Crippen LogP contribution in [-0.2, 0) is 16.6 Å². The van der Waals surface area contributed by atoms with E-state index in [1.807, 2.05) is 6.07 Å². The second-order valence-electron chi connectivity index (χ2n) is 6.81. The number of hydrogen-bond donors (Lipinski definition) is 0. The lowest BCUT2D eigenvalue weighted by molar-refractivity contribution is -0.127. The number of carbonyl (C=O) groups excluding carboxylic acids is 1. The average Bonchev–Trinajstić information content (AvgIpc) is 2.54. The number of Topliss-reactive ketones (excluding diaryl/α,β-unsaturated/α-hetero) is 1. The van der Waals surface area contributed by atoms with Gasteiger partial charge in [0.05, 0.1) is 18.4 Å². The van der Waals surface area contributed by atoms with Gasteiger partial charge in [-0.3, -0.25) is 9.80 Å². The van der Waals surface area contributed by atoms with Gasteiger partial charge in [-0.1, -0.05) is 6.07 Å². The van der Waals surface area contributed by atoms with E-state index in [1.54, 1.807) is 12.1 Å². The molecule has 0 amide bonds. The Bertz CT molecular complexity index is 645. The minimum absolute atomic E-state index is 0.122. The zero-order valence-corrected chi connectivity index (χ0v) is 12.7. The van der Waals surface area contributed by atoms with E-state index in [0.29, 0.717) is 31.1 Å². The molecule has 1 heterocycles. The number of benzene rings is 1. The Morgan fingerprint density at radius 3 is 3.05 bits per heavy atom. The van der Waals surface area contributed by atoms with Crippen molar-refractivity contribution >= 4 is 5.78 Å². The summed E-state index contributed by atoms with van der Waals surface area (Å²) < 4.78 is 5.40. The molecule has 3 aliphatic rings. The molecule has 5 heteroatoms. The predicted molar refractivity (Wildman–Crippen MR) is 81.6 cm³/mol. The fourth-order valence-electron chi connectivity index (χ4n) is 5.01. The fourth-order valence-corrected chi connectivity index (χ4v) is 5.01. The third-order valence-corrected chi connectivity index (χ3v) is 5.98. The van der Waals surface area contributed by atoms with Gasteiger partial charge in [0.2, 0.25) is 0 Å². The Balaban J connectivity index is 1.89. The second-order valence-corrected chi connectivity index (χ2v) is 6.81. The van der Waals surface area contributed by atoms with E-state index in [1.165, 1.54) is 11.1 Å². The van der Waals surface area contributed by atoms with Gasteiger partial charge in [-0.05, 0) is 48.4 Å². The van der Waals surface area contributed by atoms with E-state index < -0.39 is 0 Å². The molecule has 2 bridgehead atoms. The van der Waals surface area contributed by atoms with E-state index in [0.717, 1.165) is 25.0 Å². The predicted octanol–water partition coefficient (Wildman–Crippen LogP) is 2.61. The molecule has 0 radical (unpaired) electrons. The average molecular weight is 300 g/mol. The summed E-state index contributed by atoms with van der Waals surface area (Å²) in [6.07, 6.45) is 3.76. The van der Waals surface area contributed by atoms with Gasteiger partial charge in [-0.25, -0.2) is 0 Å². The quantitative estimate of drug-likeness (QED) is 0.788. The van der Waals surface area contributed by atoms with Crippen molar-refractivity contribution in [1.29, 1.82) is 0 Å². The molecule has 2 fully saturated rings. The minimum Gasteiger partial charge on any atom is -0.497 e. The van der Waals surface area contributed by atoms with E-state index in [2.05, 4.69) is 17.4 Å². The van der Waals surface area contributed by atoms with Crippen molar-refractivity contribution in [3.63, 3.8) is 0 Å². The van der Waals surface area contributed by atoms with Gasteiger partial charge < -0.3 is 4.74 Å². The summed E-state index contributed by atoms with van der Waals surface area (Å²) in [4.78, 5) is 23.4. The Morgan fingerprint density at radius 2 is 2.27 bits per heavy atom. The van der Waals surface area contributed by atoms with Crippen LogP contribution >= 0.6 is 0 Å². The van der Waals surface area contributed by atoms with Crippen molar-refractivity contribution < 1.29 is 9.53 Å². The maximum absolute atomic E-state index is 12.2. The van der Waals surface area contributed by atoms with Gasteiger partial charge >= 0.3 is 0 Å². The van der Waals surface area contributed by atoms with Crippen molar-refractivity contribution in [3.8, 4) is 5.75 Å². The molecule has 1 aliphatic heterocycles. The summed E-state index contributed by atoms with van der Waals surface area (Å²) in [6.45, 7) is 0.647. The van der Waals surface area contributed by atoms with Gasteiger partial charge in [-0.15, -0.1) is 4.91 Å². The van der Waals surface area contributed by atoms with Crippen molar-refractivity contribution in [3.05, 3.63) is 34.2 Å². The SMILES string of the molecule is COc1ccc2c(c1)[C@@]13CCN(N=O)[C@@H](C2)[C@@H]1CCC(=O)C3. The summed E-state index contributed by atoms with van der Waals surface area (Å²) >= 11 is 0. The van der Waals surface area contributed by atoms with Crippen LogP contribution in [0.25, 0.3) is 0 Å². The maximum atomic E-state index is 12.2. The molecule has 0 aromatic heterocycles. The van der Waals surface area contributed by atoms with Crippen LogP contribution in [0.5, 0.6) is 5.75 Å². The number of nitrogens with zero attached hydrogens (tertiary/aromatic N) is 2. The molecule has 1 saturated carbocycles. The number of nitroso groups, excluding NO2 is 1. The molecular weight excluding hydrogens is 280 g/mol. The molecular formula is C17H20N2O3. The van der Waals surface area contributed by atoms with Gasteiger partial charge in [0, 0.05) is 24.8 Å². The maximum Gasteiger partial charge on any atom is 0.133 e. The third-order valence-electron chi connectivity index (χ3n) is 5.98. The number of carbonyl (C=O) groups is 1. The lowest BCUT2D eigenvalue weighted by Gasteiger charge is -2.56. The van der Waals surface area contributed by atoms with Gasteiger partial charge in [0.1, 0.15) is 11.5 Å². The topological polar surface area (TPSA) is 59.0 Å². The number of rotatable bonds is 2. The van der Waals surface area contributed by atoms with Crippen molar-refractivity contribution in [2.45, 2.75) is 43.6 Å². The Kier molecular flexibility index (Phi) is 2.99. The highest BCUT2D eigenvalue weighted by atomic mass is 16.5. The highest BCUT2D eigenvalue weighted by molar-refractivity contribution is 5.81. The molecule has 0 spiro atoms. The summed E-state index contributed by atoms with van der Waals surface area (Å²) in [7, 11) is 1.67. The zero-order chi connectivity index (χ0) is 15.3. The number of methoxy groups -OCH3 is 1. The third kappa shape index (κ3) is 1.74. The van der Waals surface area contributed by atoms with Crippen LogP contribution < -0.4 is 4.74 Å². The lowest BCUT2D eigenvalue weighted by atomic mass is 9.52. The van der Waals surface area contributed by atoms with Crippen LogP contribution in [0.1, 0.15) is 36.8 Å². The van der Waals surface area contributed by atoms with E-state index in [9.17, 15) is 9.70 Å². The summed E-state index contributed by atoms with van der Waals surface area (Å²) in [5.41, 5.74) is 2.39. The standard InChI is InChI=1S/C17H20N2O3/c1-22-13-4-2-11-8-16-14-5-3-12(20)10-17(14,15(11)9-13)6-7-19(16)18-21/h2,4,9,14,16H,3,5-8,10H2,1H3/t14-,16-,17+/m0/s1. The molecule has 4 rings (SSSR count). The van der Waals surface area contributed by atoms with Gasteiger partial charge in [-0.2, -0.15) is 0 Å². The first-order valence-corrected chi connectivity index (χ1v) is 7.97. The number of hydrogen-bond acceptors (Lipinski definition) is 4. The van der Waals surface area contributed by atoms with Crippen LogP contribution in [0, 0.1) is 10.8 Å². The van der Waals surface area contributed by atoms with Crippen molar-refractivity contribution in [2.75, 3.05) is 13.7 Å². The normalized spacial score (nSPS) is 33.0. The first-order chi connectivity index (χ1) is 10.7. The van der Waals surface area contributed by atoms with Crippen molar-refractivity contribution in [1.82, 2.24) is 5.01 Å². The Morgan fingerprint density at radius 1 is 1.41 bits per heavy atom. The summed E-state index contributed by atoms with van der Waals surface area (Å²) in [5, 5.41) is 4.97. The van der Waals surface area contributed by atoms with Crippen LogP contribution in [0.3, 0.4) is 0 Å². The first kappa shape index (κ1) is 13.7. The monoisotopic (exact) mass is 300 g/mol. The van der Waals surface area contributed by atoms with E-state index in [-0.39, 0.29) is 11.5 Å². The van der Waals surface area contributed by atoms with Gasteiger partial charge in [0.25, 0.3) is 0 Å². The molecule has 1 saturated heterocycles. The molecule has 0 unspecified atom stereocenters. The zero-order valence-electron chi connectivity index (χ0n) is 12.7. The number of ketones is 1. The molecule has 1 aromatic rings.